The van der Waals surface area contributed by atoms with Gasteiger partial charge in [-0.25, -0.2) is 5.43 Å². The predicted octanol–water partition coefficient (Wildman–Crippen LogP) is 5.91. The number of nitrogens with zero attached hydrogens (tertiary/aromatic N) is 5. The molecule has 1 heterocycles. The average Bonchev–Trinajstić information content (AvgIpc) is 3.28. The molecule has 1 fully saturated rings. The summed E-state index contributed by atoms with van der Waals surface area (Å²) in [4.78, 5) is 22.8. The zero-order chi connectivity index (χ0) is 24.8. The van der Waals surface area contributed by atoms with Crippen LogP contribution in [-0.2, 0) is 4.79 Å². The van der Waals surface area contributed by atoms with E-state index >= 15 is 0 Å². The van der Waals surface area contributed by atoms with Crippen molar-refractivity contribution in [1.29, 1.82) is 0 Å². The van der Waals surface area contributed by atoms with Gasteiger partial charge in [0.25, 0.3) is 11.6 Å². The van der Waals surface area contributed by atoms with E-state index in [0.29, 0.717) is 20.8 Å². The number of nitro benzene ring substituents is 1. The first kappa shape index (κ1) is 25.2. The second-order valence-corrected chi connectivity index (χ2v) is 9.81. The van der Waals surface area contributed by atoms with Crippen LogP contribution >= 0.6 is 35.0 Å². The Bertz CT molecular complexity index is 1240. The van der Waals surface area contributed by atoms with Crippen molar-refractivity contribution in [3.05, 3.63) is 68.2 Å². The maximum atomic E-state index is 12.4. The number of carbonyl (C=O) groups excluding carboxylic acids is 1. The topological polar surface area (TPSA) is 115 Å². The molecule has 0 aliphatic heterocycles. The van der Waals surface area contributed by atoms with E-state index < -0.39 is 4.92 Å². The summed E-state index contributed by atoms with van der Waals surface area (Å²) in [6.45, 7) is 0. The van der Waals surface area contributed by atoms with Gasteiger partial charge in [-0.1, -0.05) is 54.2 Å². The number of thioether (sulfide) groups is 1. The standard InChI is InChI=1S/C23H22Cl2N6O3S/c24-17-8-6-15(7-9-17)22-28-29-23(30(22)18-4-2-1-3-5-18)35-14-21(32)27-26-13-16-12-19(31(33)34)10-11-20(16)25/h6-13,18H,1-5,14H2,(H,27,32)/b26-13-. The minimum atomic E-state index is -0.524. The first-order valence-electron chi connectivity index (χ1n) is 11.0. The quantitative estimate of drug-likeness (QED) is 0.167. The number of non-ortho nitro benzene ring substituents is 1. The molecule has 0 atom stereocenters. The van der Waals surface area contributed by atoms with E-state index in [2.05, 4.69) is 25.3 Å². The van der Waals surface area contributed by atoms with Crippen LogP contribution in [0.1, 0.15) is 43.7 Å². The Hall–Kier alpha value is -2.95. The van der Waals surface area contributed by atoms with Crippen molar-refractivity contribution in [3.63, 3.8) is 0 Å². The fourth-order valence-electron chi connectivity index (χ4n) is 3.92. The SMILES string of the molecule is O=C(CSc1nnc(-c2ccc(Cl)cc2)n1C1CCCCC1)N/N=C\c1cc([N+](=O)[O-])ccc1Cl. The van der Waals surface area contributed by atoms with E-state index in [0.717, 1.165) is 37.1 Å². The number of halogens is 2. The second-order valence-electron chi connectivity index (χ2n) is 8.02. The van der Waals surface area contributed by atoms with Gasteiger partial charge < -0.3 is 0 Å². The lowest BCUT2D eigenvalue weighted by molar-refractivity contribution is -0.384. The van der Waals surface area contributed by atoms with Crippen LogP contribution in [0.5, 0.6) is 0 Å². The van der Waals surface area contributed by atoms with E-state index in [4.69, 9.17) is 23.2 Å². The lowest BCUT2D eigenvalue weighted by atomic mass is 9.95. The first-order valence-corrected chi connectivity index (χ1v) is 12.8. The number of benzene rings is 2. The molecule has 35 heavy (non-hydrogen) atoms. The summed E-state index contributed by atoms with van der Waals surface area (Å²) < 4.78 is 2.13. The highest BCUT2D eigenvalue weighted by atomic mass is 35.5. The lowest BCUT2D eigenvalue weighted by Crippen LogP contribution is -2.20. The zero-order valence-corrected chi connectivity index (χ0v) is 20.9. The molecule has 2 aromatic carbocycles. The summed E-state index contributed by atoms with van der Waals surface area (Å²) >= 11 is 13.4. The third-order valence-corrected chi connectivity index (χ3v) is 7.16. The summed E-state index contributed by atoms with van der Waals surface area (Å²) in [5.41, 5.74) is 3.57. The minimum Gasteiger partial charge on any atom is -0.299 e. The molecule has 3 aromatic rings. The Balaban J connectivity index is 1.45. The second kappa shape index (κ2) is 11.7. The van der Waals surface area contributed by atoms with Crippen LogP contribution in [-0.4, -0.2) is 37.6 Å². The molecule has 1 aliphatic rings. The molecule has 1 aromatic heterocycles. The van der Waals surface area contributed by atoms with Gasteiger partial charge in [0.05, 0.1) is 16.9 Å². The van der Waals surface area contributed by atoms with E-state index in [1.54, 1.807) is 0 Å². The van der Waals surface area contributed by atoms with Crippen LogP contribution in [0.15, 0.2) is 52.7 Å². The number of aromatic nitrogens is 3. The number of amides is 1. The summed E-state index contributed by atoms with van der Waals surface area (Å²) in [7, 11) is 0. The van der Waals surface area contributed by atoms with Gasteiger partial charge in [-0.2, -0.15) is 5.10 Å². The van der Waals surface area contributed by atoms with Gasteiger partial charge in [0.15, 0.2) is 11.0 Å². The molecule has 0 spiro atoms. The van der Waals surface area contributed by atoms with Crippen molar-refractivity contribution < 1.29 is 9.72 Å². The van der Waals surface area contributed by atoms with Crippen LogP contribution < -0.4 is 5.43 Å². The van der Waals surface area contributed by atoms with Crippen molar-refractivity contribution in [1.82, 2.24) is 20.2 Å². The third kappa shape index (κ3) is 6.39. The average molecular weight is 533 g/mol. The molecule has 4 rings (SSSR count). The van der Waals surface area contributed by atoms with Gasteiger partial charge in [0, 0.05) is 39.3 Å². The third-order valence-electron chi connectivity index (χ3n) is 5.62. The molecule has 0 unspecified atom stereocenters. The van der Waals surface area contributed by atoms with Crippen LogP contribution in [0.3, 0.4) is 0 Å². The summed E-state index contributed by atoms with van der Waals surface area (Å²) in [6, 6.07) is 11.7. The molecule has 1 aliphatic carbocycles. The summed E-state index contributed by atoms with van der Waals surface area (Å²) in [6.07, 6.45) is 6.84. The normalized spacial score (nSPS) is 14.3. The smallest absolute Gasteiger partial charge is 0.270 e. The molecular formula is C23H22Cl2N6O3S. The Morgan fingerprint density at radius 3 is 2.63 bits per heavy atom. The van der Waals surface area contributed by atoms with Gasteiger partial charge in [-0.3, -0.25) is 19.5 Å². The molecule has 1 saturated carbocycles. The van der Waals surface area contributed by atoms with Gasteiger partial charge in [-0.05, 0) is 43.2 Å². The molecule has 1 N–H and O–H groups in total. The van der Waals surface area contributed by atoms with Crippen molar-refractivity contribution in [2.45, 2.75) is 43.3 Å². The molecule has 12 heteroatoms. The summed E-state index contributed by atoms with van der Waals surface area (Å²) in [5.74, 6) is 0.486. The monoisotopic (exact) mass is 532 g/mol. The minimum absolute atomic E-state index is 0.0749. The van der Waals surface area contributed by atoms with Crippen molar-refractivity contribution in [3.8, 4) is 11.4 Å². The number of hydrogen-bond acceptors (Lipinski definition) is 7. The zero-order valence-electron chi connectivity index (χ0n) is 18.6. The maximum Gasteiger partial charge on any atom is 0.270 e. The van der Waals surface area contributed by atoms with Crippen LogP contribution in [0.25, 0.3) is 11.4 Å². The number of nitrogens with one attached hydrogen (secondary N) is 1. The van der Waals surface area contributed by atoms with Crippen LogP contribution in [0.4, 0.5) is 5.69 Å². The molecule has 1 amide bonds. The number of hydrazone groups is 1. The Morgan fingerprint density at radius 2 is 1.91 bits per heavy atom. The molecule has 182 valence electrons. The Kier molecular flexibility index (Phi) is 8.37. The van der Waals surface area contributed by atoms with Crippen molar-refractivity contribution in [2.24, 2.45) is 5.10 Å². The van der Waals surface area contributed by atoms with E-state index in [1.807, 2.05) is 24.3 Å². The van der Waals surface area contributed by atoms with Gasteiger partial charge in [0.1, 0.15) is 0 Å². The van der Waals surface area contributed by atoms with Crippen LogP contribution in [0, 0.1) is 10.1 Å². The van der Waals surface area contributed by atoms with E-state index in [-0.39, 0.29) is 23.4 Å². The van der Waals surface area contributed by atoms with Crippen molar-refractivity contribution >= 4 is 52.8 Å². The molecule has 0 bridgehead atoms. The van der Waals surface area contributed by atoms with Gasteiger partial charge in [-0.15, -0.1) is 10.2 Å². The predicted molar refractivity (Wildman–Crippen MR) is 137 cm³/mol. The maximum absolute atomic E-state index is 12.4. The molecule has 9 nitrogen and oxygen atoms in total. The molecule has 0 saturated heterocycles. The van der Waals surface area contributed by atoms with E-state index in [9.17, 15) is 14.9 Å². The van der Waals surface area contributed by atoms with Gasteiger partial charge >= 0.3 is 0 Å². The Morgan fingerprint density at radius 1 is 1.17 bits per heavy atom. The number of nitro groups is 1. The Labute approximate surface area is 216 Å². The molecule has 0 radical (unpaired) electrons. The van der Waals surface area contributed by atoms with Crippen LogP contribution in [0.2, 0.25) is 10.0 Å². The highest BCUT2D eigenvalue weighted by molar-refractivity contribution is 7.99. The largest absolute Gasteiger partial charge is 0.299 e. The van der Waals surface area contributed by atoms with Gasteiger partial charge in [0.2, 0.25) is 0 Å². The highest BCUT2D eigenvalue weighted by Crippen LogP contribution is 2.35. The van der Waals surface area contributed by atoms with E-state index in [1.165, 1.54) is 42.6 Å². The fraction of sp³-hybridized carbons (Fsp3) is 0.304. The lowest BCUT2D eigenvalue weighted by Gasteiger charge is -2.25. The summed E-state index contributed by atoms with van der Waals surface area (Å²) in [5, 5.41) is 25.2. The number of carbonyl (C=O) groups is 1. The van der Waals surface area contributed by atoms with Crippen molar-refractivity contribution in [2.75, 3.05) is 5.75 Å². The first-order chi connectivity index (χ1) is 16.9. The number of hydrogen-bond donors (Lipinski definition) is 1. The number of rotatable bonds is 8. The molecular weight excluding hydrogens is 511 g/mol. The highest BCUT2D eigenvalue weighted by Gasteiger charge is 2.24. The fourth-order valence-corrected chi connectivity index (χ4v) is 5.01.